The standard InChI is InChI=1S/C21H16FN3O3/c1-13-4-2-7-17-20(13)16(11-23-17)19(26)12-28-21(27)18-8-9-25(24-18)15-6-3-5-14(22)10-15/h2-11,23H,12H2,1H3. The van der Waals surface area contributed by atoms with Crippen LogP contribution in [-0.2, 0) is 4.74 Å². The smallest absolute Gasteiger partial charge is 0.359 e. The van der Waals surface area contributed by atoms with Crippen molar-refractivity contribution < 1.29 is 18.7 Å². The van der Waals surface area contributed by atoms with E-state index in [1.54, 1.807) is 18.3 Å². The topological polar surface area (TPSA) is 77.0 Å². The first kappa shape index (κ1) is 17.7. The number of halogens is 1. The zero-order valence-corrected chi connectivity index (χ0v) is 15.0. The lowest BCUT2D eigenvalue weighted by Gasteiger charge is -2.04. The summed E-state index contributed by atoms with van der Waals surface area (Å²) in [4.78, 5) is 27.8. The Morgan fingerprint density at radius 2 is 2.00 bits per heavy atom. The maximum absolute atomic E-state index is 13.3. The van der Waals surface area contributed by atoms with Gasteiger partial charge in [-0.25, -0.2) is 13.9 Å². The molecule has 1 N–H and O–H groups in total. The Balaban J connectivity index is 1.46. The molecular weight excluding hydrogens is 361 g/mol. The van der Waals surface area contributed by atoms with Crippen molar-refractivity contribution in [2.75, 3.05) is 6.61 Å². The normalized spacial score (nSPS) is 10.9. The van der Waals surface area contributed by atoms with Gasteiger partial charge in [0.05, 0.1) is 5.69 Å². The predicted octanol–water partition coefficient (Wildman–Crippen LogP) is 3.84. The van der Waals surface area contributed by atoms with Gasteiger partial charge in [-0.15, -0.1) is 0 Å². The number of aromatic nitrogens is 3. The summed E-state index contributed by atoms with van der Waals surface area (Å²) in [6, 6.07) is 13.0. The van der Waals surface area contributed by atoms with Crippen molar-refractivity contribution in [3.8, 4) is 5.69 Å². The number of fused-ring (bicyclic) bond motifs is 1. The Labute approximate surface area is 159 Å². The zero-order chi connectivity index (χ0) is 19.7. The molecule has 0 fully saturated rings. The first-order chi connectivity index (χ1) is 13.5. The number of carbonyl (C=O) groups is 2. The number of carbonyl (C=O) groups excluding carboxylic acids is 2. The van der Waals surface area contributed by atoms with E-state index in [-0.39, 0.29) is 11.5 Å². The van der Waals surface area contributed by atoms with E-state index in [1.807, 2.05) is 25.1 Å². The summed E-state index contributed by atoms with van der Waals surface area (Å²) in [5.41, 5.74) is 2.80. The summed E-state index contributed by atoms with van der Waals surface area (Å²) in [6.07, 6.45) is 3.14. The molecule has 0 saturated heterocycles. The molecule has 4 rings (SSSR count). The number of aryl methyl sites for hydroxylation is 1. The quantitative estimate of drug-likeness (QED) is 0.423. The molecule has 0 radical (unpaired) electrons. The van der Waals surface area contributed by atoms with E-state index >= 15 is 0 Å². The van der Waals surface area contributed by atoms with E-state index < -0.39 is 18.4 Å². The molecule has 2 aromatic heterocycles. The van der Waals surface area contributed by atoms with Gasteiger partial charge in [-0.3, -0.25) is 4.79 Å². The third-order valence-electron chi connectivity index (χ3n) is 4.42. The largest absolute Gasteiger partial charge is 0.453 e. The van der Waals surface area contributed by atoms with Gasteiger partial charge < -0.3 is 9.72 Å². The van der Waals surface area contributed by atoms with E-state index in [2.05, 4.69) is 10.1 Å². The van der Waals surface area contributed by atoms with E-state index in [4.69, 9.17) is 4.74 Å². The molecule has 2 aromatic carbocycles. The van der Waals surface area contributed by atoms with Crippen LogP contribution in [-0.4, -0.2) is 33.1 Å². The Morgan fingerprint density at radius 3 is 2.82 bits per heavy atom. The zero-order valence-electron chi connectivity index (χ0n) is 15.0. The average Bonchev–Trinajstić information content (AvgIpc) is 3.34. The molecule has 0 atom stereocenters. The molecule has 7 heteroatoms. The van der Waals surface area contributed by atoms with Crippen molar-refractivity contribution in [3.63, 3.8) is 0 Å². The first-order valence-corrected chi connectivity index (χ1v) is 8.61. The van der Waals surface area contributed by atoms with Crippen LogP contribution >= 0.6 is 0 Å². The molecule has 4 aromatic rings. The number of hydrogen-bond acceptors (Lipinski definition) is 4. The lowest BCUT2D eigenvalue weighted by Crippen LogP contribution is -2.15. The number of benzene rings is 2. The van der Waals surface area contributed by atoms with E-state index in [9.17, 15) is 14.0 Å². The summed E-state index contributed by atoms with van der Waals surface area (Å²) < 4.78 is 19.8. The van der Waals surface area contributed by atoms with E-state index in [1.165, 1.54) is 29.1 Å². The molecule has 0 saturated carbocycles. The van der Waals surface area contributed by atoms with Crippen molar-refractivity contribution in [3.05, 3.63) is 83.6 Å². The number of nitrogens with zero attached hydrogens (tertiary/aromatic N) is 2. The average molecular weight is 377 g/mol. The highest BCUT2D eigenvalue weighted by Gasteiger charge is 2.18. The number of ether oxygens (including phenoxy) is 1. The van der Waals surface area contributed by atoms with Gasteiger partial charge >= 0.3 is 5.97 Å². The van der Waals surface area contributed by atoms with Crippen LogP contribution in [0, 0.1) is 12.7 Å². The molecule has 0 aliphatic carbocycles. The minimum Gasteiger partial charge on any atom is -0.453 e. The molecule has 6 nitrogen and oxygen atoms in total. The molecule has 0 aliphatic rings. The van der Waals surface area contributed by atoms with Crippen LogP contribution in [0.1, 0.15) is 26.4 Å². The van der Waals surface area contributed by atoms with Crippen LogP contribution in [0.2, 0.25) is 0 Å². The van der Waals surface area contributed by atoms with Crippen molar-refractivity contribution >= 4 is 22.7 Å². The second-order valence-electron chi connectivity index (χ2n) is 6.32. The second-order valence-corrected chi connectivity index (χ2v) is 6.32. The Hall–Kier alpha value is -3.74. The number of aromatic amines is 1. The van der Waals surface area contributed by atoms with Crippen LogP contribution in [0.5, 0.6) is 0 Å². The summed E-state index contributed by atoms with van der Waals surface area (Å²) in [5.74, 6) is -1.43. The molecular formula is C21H16FN3O3. The minimum atomic E-state index is -0.722. The van der Waals surface area contributed by atoms with Crippen LogP contribution in [0.4, 0.5) is 4.39 Å². The SMILES string of the molecule is Cc1cccc2[nH]cc(C(=O)COC(=O)c3ccn(-c4cccc(F)c4)n3)c12. The Morgan fingerprint density at radius 1 is 1.18 bits per heavy atom. The van der Waals surface area contributed by atoms with Crippen LogP contribution in [0.25, 0.3) is 16.6 Å². The monoisotopic (exact) mass is 377 g/mol. The number of ketones is 1. The summed E-state index contributed by atoms with van der Waals surface area (Å²) >= 11 is 0. The Kier molecular flexibility index (Phi) is 4.49. The Bertz CT molecular complexity index is 1190. The van der Waals surface area contributed by atoms with Crippen molar-refractivity contribution in [2.24, 2.45) is 0 Å². The van der Waals surface area contributed by atoms with Gasteiger partial charge in [0.25, 0.3) is 0 Å². The highest BCUT2D eigenvalue weighted by Crippen LogP contribution is 2.22. The van der Waals surface area contributed by atoms with Gasteiger partial charge in [-0.05, 0) is 42.8 Å². The van der Waals surface area contributed by atoms with Crippen molar-refractivity contribution in [1.82, 2.24) is 14.8 Å². The lowest BCUT2D eigenvalue weighted by atomic mass is 10.1. The minimum absolute atomic E-state index is 0.0344. The van der Waals surface area contributed by atoms with Gasteiger partial charge in [0.2, 0.25) is 5.78 Å². The number of esters is 1. The first-order valence-electron chi connectivity index (χ1n) is 8.61. The number of hydrogen-bond donors (Lipinski definition) is 1. The van der Waals surface area contributed by atoms with Crippen LogP contribution in [0.15, 0.2) is 60.9 Å². The third kappa shape index (κ3) is 3.29. The molecule has 0 unspecified atom stereocenters. The molecule has 0 amide bonds. The van der Waals surface area contributed by atoms with E-state index in [0.717, 1.165) is 16.5 Å². The second kappa shape index (κ2) is 7.11. The summed E-state index contributed by atoms with van der Waals surface area (Å²) in [5, 5.41) is 4.90. The number of nitrogens with one attached hydrogen (secondary N) is 1. The molecule has 28 heavy (non-hydrogen) atoms. The van der Waals surface area contributed by atoms with Crippen molar-refractivity contribution in [1.29, 1.82) is 0 Å². The van der Waals surface area contributed by atoms with Gasteiger partial charge in [-0.2, -0.15) is 5.10 Å². The van der Waals surface area contributed by atoms with Gasteiger partial charge in [0.15, 0.2) is 12.3 Å². The molecule has 0 spiro atoms. The maximum atomic E-state index is 13.3. The fourth-order valence-corrected chi connectivity index (χ4v) is 3.07. The van der Waals surface area contributed by atoms with Crippen LogP contribution < -0.4 is 0 Å². The van der Waals surface area contributed by atoms with Crippen LogP contribution in [0.3, 0.4) is 0 Å². The maximum Gasteiger partial charge on any atom is 0.359 e. The highest BCUT2D eigenvalue weighted by molar-refractivity contribution is 6.10. The fraction of sp³-hybridized carbons (Fsp3) is 0.0952. The lowest BCUT2D eigenvalue weighted by molar-refractivity contribution is 0.0469. The fourth-order valence-electron chi connectivity index (χ4n) is 3.07. The third-order valence-corrected chi connectivity index (χ3v) is 4.42. The molecule has 0 aliphatic heterocycles. The summed E-state index contributed by atoms with van der Waals surface area (Å²) in [7, 11) is 0. The number of Topliss-reactive ketones (excluding diaryl/α,β-unsaturated/α-hetero) is 1. The molecule has 0 bridgehead atoms. The molecule has 2 heterocycles. The van der Waals surface area contributed by atoms with Gasteiger partial charge in [0, 0.05) is 28.9 Å². The van der Waals surface area contributed by atoms with Gasteiger partial charge in [-0.1, -0.05) is 18.2 Å². The summed E-state index contributed by atoms with van der Waals surface area (Å²) in [6.45, 7) is 1.52. The predicted molar refractivity (Wildman–Crippen MR) is 101 cm³/mol. The number of rotatable bonds is 5. The molecule has 140 valence electrons. The van der Waals surface area contributed by atoms with Crippen molar-refractivity contribution in [2.45, 2.75) is 6.92 Å². The number of H-pyrrole nitrogens is 1. The van der Waals surface area contributed by atoms with Gasteiger partial charge in [0.1, 0.15) is 5.82 Å². The van der Waals surface area contributed by atoms with E-state index in [0.29, 0.717) is 11.3 Å². The highest BCUT2D eigenvalue weighted by atomic mass is 19.1.